The summed E-state index contributed by atoms with van der Waals surface area (Å²) in [5, 5.41) is 2.96. The number of hydrogen-bond acceptors (Lipinski definition) is 4. The maximum Gasteiger partial charge on any atom is 0.230 e. The van der Waals surface area contributed by atoms with Gasteiger partial charge in [0.2, 0.25) is 5.91 Å². The molecule has 0 fully saturated rings. The van der Waals surface area contributed by atoms with Gasteiger partial charge in [0, 0.05) is 11.4 Å². The summed E-state index contributed by atoms with van der Waals surface area (Å²) in [6.45, 7) is 7.31. The lowest BCUT2D eigenvalue weighted by Crippen LogP contribution is -2.24. The fourth-order valence-corrected chi connectivity index (χ4v) is 3.36. The molecule has 0 atom stereocenters. The van der Waals surface area contributed by atoms with Crippen LogP contribution in [0.25, 0.3) is 0 Å². The Morgan fingerprint density at radius 1 is 1.12 bits per heavy atom. The van der Waals surface area contributed by atoms with Gasteiger partial charge in [0.05, 0.1) is 19.5 Å². The summed E-state index contributed by atoms with van der Waals surface area (Å²) in [5.74, 6) is 1.84. The van der Waals surface area contributed by atoms with E-state index >= 15 is 0 Å². The highest BCUT2D eigenvalue weighted by Gasteiger charge is 2.08. The number of carbonyl (C=O) groups is 1. The molecule has 5 heteroatoms. The molecule has 0 bridgehead atoms. The van der Waals surface area contributed by atoms with Gasteiger partial charge >= 0.3 is 0 Å². The first-order valence-corrected chi connectivity index (χ1v) is 9.78. The number of benzene rings is 2. The Morgan fingerprint density at radius 3 is 2.65 bits per heavy atom. The number of carbonyl (C=O) groups excluding carboxylic acids is 1. The number of rotatable bonds is 9. The highest BCUT2D eigenvalue weighted by Crippen LogP contribution is 2.28. The highest BCUT2D eigenvalue weighted by atomic mass is 32.2. The largest absolute Gasteiger partial charge is 0.493 e. The Kier molecular flexibility index (Phi) is 7.85. The van der Waals surface area contributed by atoms with Crippen molar-refractivity contribution < 1.29 is 14.3 Å². The van der Waals surface area contributed by atoms with Crippen molar-refractivity contribution in [1.82, 2.24) is 5.32 Å². The van der Waals surface area contributed by atoms with Crippen LogP contribution >= 0.6 is 11.8 Å². The summed E-state index contributed by atoms with van der Waals surface area (Å²) in [6.07, 6.45) is 0.943. The van der Waals surface area contributed by atoms with Crippen molar-refractivity contribution in [2.75, 3.05) is 19.5 Å². The molecule has 4 nitrogen and oxygen atoms in total. The van der Waals surface area contributed by atoms with Crippen LogP contribution in [0.2, 0.25) is 0 Å². The molecule has 0 saturated heterocycles. The Morgan fingerprint density at radius 2 is 1.92 bits per heavy atom. The van der Waals surface area contributed by atoms with E-state index in [9.17, 15) is 4.79 Å². The van der Waals surface area contributed by atoms with E-state index in [1.807, 2.05) is 18.2 Å². The van der Waals surface area contributed by atoms with Crippen molar-refractivity contribution in [2.45, 2.75) is 38.6 Å². The number of aryl methyl sites for hydroxylation is 2. The van der Waals surface area contributed by atoms with Crippen LogP contribution in [0.3, 0.4) is 0 Å². The topological polar surface area (TPSA) is 47.6 Å². The number of methoxy groups -OCH3 is 1. The quantitative estimate of drug-likeness (QED) is 0.657. The zero-order valence-corrected chi connectivity index (χ0v) is 16.7. The van der Waals surface area contributed by atoms with E-state index in [4.69, 9.17) is 9.47 Å². The van der Waals surface area contributed by atoms with Gasteiger partial charge in [-0.1, -0.05) is 30.7 Å². The maximum atomic E-state index is 12.2. The minimum Gasteiger partial charge on any atom is -0.493 e. The van der Waals surface area contributed by atoms with Crippen LogP contribution in [0.1, 0.15) is 30.0 Å². The lowest BCUT2D eigenvalue weighted by molar-refractivity contribution is -0.118. The number of thioether (sulfide) groups is 1. The molecule has 1 amide bonds. The first kappa shape index (κ1) is 20.2. The van der Waals surface area contributed by atoms with Crippen molar-refractivity contribution in [3.8, 4) is 11.5 Å². The first-order chi connectivity index (χ1) is 12.5. The number of hydrogen-bond donors (Lipinski definition) is 1. The van der Waals surface area contributed by atoms with Crippen LogP contribution in [0, 0.1) is 13.8 Å². The molecule has 2 aromatic carbocycles. The SMILES string of the molecule is CCCOc1ccc(CNC(=O)CSc2cc(C)ccc2C)cc1OC. The molecule has 0 aromatic heterocycles. The molecule has 0 spiro atoms. The molecule has 0 aliphatic carbocycles. The molecule has 2 aromatic rings. The fourth-order valence-electron chi connectivity index (χ4n) is 2.41. The summed E-state index contributed by atoms with van der Waals surface area (Å²) in [5.41, 5.74) is 3.38. The maximum absolute atomic E-state index is 12.2. The Labute approximate surface area is 160 Å². The number of amides is 1. The van der Waals surface area contributed by atoms with E-state index < -0.39 is 0 Å². The summed E-state index contributed by atoms with van der Waals surface area (Å²) in [7, 11) is 1.62. The van der Waals surface area contributed by atoms with E-state index in [-0.39, 0.29) is 5.91 Å². The van der Waals surface area contributed by atoms with Crippen LogP contribution < -0.4 is 14.8 Å². The highest BCUT2D eigenvalue weighted by molar-refractivity contribution is 8.00. The Balaban J connectivity index is 1.87. The predicted octanol–water partition coefficient (Wildman–Crippen LogP) is 4.51. The fraction of sp³-hybridized carbons (Fsp3) is 0.381. The molecule has 0 saturated carbocycles. The van der Waals surface area contributed by atoms with Gasteiger partial charge in [-0.3, -0.25) is 4.79 Å². The molecule has 2 rings (SSSR count). The summed E-state index contributed by atoms with van der Waals surface area (Å²) in [4.78, 5) is 13.3. The summed E-state index contributed by atoms with van der Waals surface area (Å²) >= 11 is 1.57. The average Bonchev–Trinajstić information content (AvgIpc) is 2.65. The van der Waals surface area contributed by atoms with Crippen molar-refractivity contribution in [2.24, 2.45) is 0 Å². The monoisotopic (exact) mass is 373 g/mol. The van der Waals surface area contributed by atoms with E-state index in [0.29, 0.717) is 24.7 Å². The standard InChI is InChI=1S/C21H27NO3S/c1-5-10-25-18-9-8-17(12-19(18)24-4)13-22-21(23)14-26-20-11-15(2)6-7-16(20)3/h6-9,11-12H,5,10,13-14H2,1-4H3,(H,22,23). The van der Waals surface area contributed by atoms with E-state index in [1.165, 1.54) is 11.1 Å². The molecule has 1 N–H and O–H groups in total. The van der Waals surface area contributed by atoms with Gasteiger partial charge in [0.25, 0.3) is 0 Å². The van der Waals surface area contributed by atoms with Crippen molar-refractivity contribution >= 4 is 17.7 Å². The van der Waals surface area contributed by atoms with Gasteiger partial charge in [0.15, 0.2) is 11.5 Å². The molecule has 0 unspecified atom stereocenters. The zero-order valence-electron chi connectivity index (χ0n) is 15.9. The Hall–Kier alpha value is -2.14. The lowest BCUT2D eigenvalue weighted by atomic mass is 10.2. The smallest absolute Gasteiger partial charge is 0.230 e. The zero-order chi connectivity index (χ0) is 18.9. The number of nitrogens with one attached hydrogen (secondary N) is 1. The van der Waals surface area contributed by atoms with Crippen LogP contribution in [0.15, 0.2) is 41.3 Å². The first-order valence-electron chi connectivity index (χ1n) is 8.80. The molecular weight excluding hydrogens is 346 g/mol. The third-order valence-corrected chi connectivity index (χ3v) is 5.04. The molecular formula is C21H27NO3S. The van der Waals surface area contributed by atoms with Gasteiger partial charge in [-0.2, -0.15) is 0 Å². The minimum absolute atomic E-state index is 0.0150. The van der Waals surface area contributed by atoms with Crippen molar-refractivity contribution in [3.63, 3.8) is 0 Å². The van der Waals surface area contributed by atoms with Crippen LogP contribution in [-0.2, 0) is 11.3 Å². The minimum atomic E-state index is 0.0150. The third-order valence-electron chi connectivity index (χ3n) is 3.88. The molecule has 26 heavy (non-hydrogen) atoms. The second-order valence-corrected chi connectivity index (χ2v) is 7.19. The lowest BCUT2D eigenvalue weighted by Gasteiger charge is -2.12. The molecule has 0 radical (unpaired) electrons. The summed E-state index contributed by atoms with van der Waals surface area (Å²) < 4.78 is 11.0. The van der Waals surface area contributed by atoms with Gasteiger partial charge in [-0.05, 0) is 49.6 Å². The van der Waals surface area contributed by atoms with Crippen LogP contribution in [0.5, 0.6) is 11.5 Å². The Bertz CT molecular complexity index is 746. The second kappa shape index (κ2) is 10.1. The van der Waals surface area contributed by atoms with Crippen LogP contribution in [0.4, 0.5) is 0 Å². The number of ether oxygens (including phenoxy) is 2. The molecule has 0 aliphatic rings. The van der Waals surface area contributed by atoms with Gasteiger partial charge in [-0.15, -0.1) is 11.8 Å². The summed E-state index contributed by atoms with van der Waals surface area (Å²) in [6, 6.07) is 12.0. The van der Waals surface area contributed by atoms with Crippen molar-refractivity contribution in [3.05, 3.63) is 53.1 Å². The average molecular weight is 374 g/mol. The van der Waals surface area contributed by atoms with E-state index in [0.717, 1.165) is 22.6 Å². The normalized spacial score (nSPS) is 10.5. The van der Waals surface area contributed by atoms with Gasteiger partial charge in [-0.25, -0.2) is 0 Å². The van der Waals surface area contributed by atoms with E-state index in [2.05, 4.69) is 44.3 Å². The molecule has 0 heterocycles. The second-order valence-electron chi connectivity index (χ2n) is 6.17. The van der Waals surface area contributed by atoms with E-state index in [1.54, 1.807) is 18.9 Å². The van der Waals surface area contributed by atoms with Gasteiger partial charge < -0.3 is 14.8 Å². The molecule has 140 valence electrons. The predicted molar refractivity (Wildman–Crippen MR) is 107 cm³/mol. The molecule has 0 aliphatic heterocycles. The van der Waals surface area contributed by atoms with Crippen LogP contribution in [-0.4, -0.2) is 25.4 Å². The van der Waals surface area contributed by atoms with Gasteiger partial charge in [0.1, 0.15) is 0 Å². The van der Waals surface area contributed by atoms with Crippen molar-refractivity contribution in [1.29, 1.82) is 0 Å². The third kappa shape index (κ3) is 5.99.